The van der Waals surface area contributed by atoms with Crippen LogP contribution in [0, 0.1) is 0 Å². The van der Waals surface area contributed by atoms with Gasteiger partial charge in [0, 0.05) is 19.8 Å². The molecule has 19 heavy (non-hydrogen) atoms. The van der Waals surface area contributed by atoms with Crippen LogP contribution in [0.5, 0.6) is 0 Å². The lowest BCUT2D eigenvalue weighted by Crippen LogP contribution is -2.65. The first-order valence-corrected chi connectivity index (χ1v) is 10.7. The molecular weight excluding hydrogens is 282 g/mol. The highest BCUT2D eigenvalue weighted by molar-refractivity contribution is 6.69. The molecular formula is C11H29NO5Si2. The molecule has 0 radical (unpaired) electrons. The van der Waals surface area contributed by atoms with Crippen molar-refractivity contribution >= 4 is 18.2 Å². The Morgan fingerprint density at radius 1 is 0.895 bits per heavy atom. The SMILES string of the molecule is CCC[SiH](O)N(OCC)[Si](OCC)(OCC)OCC. The average Bonchev–Trinajstić information content (AvgIpc) is 2.37. The summed E-state index contributed by atoms with van der Waals surface area (Å²) < 4.78 is 18.8. The summed E-state index contributed by atoms with van der Waals surface area (Å²) >= 11 is 0. The maximum atomic E-state index is 10.4. The van der Waals surface area contributed by atoms with E-state index < -0.39 is 18.2 Å². The molecule has 0 aliphatic rings. The van der Waals surface area contributed by atoms with Crippen LogP contribution < -0.4 is 0 Å². The lowest BCUT2D eigenvalue weighted by molar-refractivity contribution is -0.114. The molecule has 6 nitrogen and oxygen atoms in total. The second-order valence-electron chi connectivity index (χ2n) is 3.84. The van der Waals surface area contributed by atoms with E-state index in [0.29, 0.717) is 32.5 Å². The standard InChI is InChI=1S/C11H29NO5Si2/c1-6-11-18(13)12(14-7-2)19(15-8-3,16-9-4)17-10-5/h13,18H,6-11H2,1-5H3. The van der Waals surface area contributed by atoms with E-state index in [1.165, 1.54) is 0 Å². The molecule has 0 aromatic heterocycles. The predicted molar refractivity (Wildman–Crippen MR) is 78.6 cm³/mol. The summed E-state index contributed by atoms with van der Waals surface area (Å²) in [5.74, 6) is 0. The van der Waals surface area contributed by atoms with Crippen molar-refractivity contribution in [2.75, 3.05) is 26.4 Å². The zero-order chi connectivity index (χ0) is 14.7. The summed E-state index contributed by atoms with van der Waals surface area (Å²) in [4.78, 5) is 16.0. The Hall–Kier alpha value is 0.194. The van der Waals surface area contributed by atoms with Crippen molar-refractivity contribution in [3.05, 3.63) is 0 Å². The highest BCUT2D eigenvalue weighted by Crippen LogP contribution is 2.19. The second kappa shape index (κ2) is 10.9. The van der Waals surface area contributed by atoms with E-state index in [2.05, 4.69) is 0 Å². The summed E-state index contributed by atoms with van der Waals surface area (Å²) in [5, 5.41) is 0. The van der Waals surface area contributed by atoms with Crippen LogP contribution in [-0.2, 0) is 18.1 Å². The van der Waals surface area contributed by atoms with Gasteiger partial charge in [-0.3, -0.25) is 0 Å². The molecule has 0 saturated heterocycles. The fourth-order valence-electron chi connectivity index (χ4n) is 1.73. The van der Waals surface area contributed by atoms with E-state index in [1.54, 1.807) is 4.39 Å². The van der Waals surface area contributed by atoms with Crippen molar-refractivity contribution in [3.63, 3.8) is 0 Å². The molecule has 0 bridgehead atoms. The van der Waals surface area contributed by atoms with Crippen LogP contribution in [0.4, 0.5) is 0 Å². The zero-order valence-corrected chi connectivity index (χ0v) is 15.0. The summed E-state index contributed by atoms with van der Waals surface area (Å²) in [6.07, 6.45) is 0.895. The lowest BCUT2D eigenvalue weighted by Gasteiger charge is -2.38. The quantitative estimate of drug-likeness (QED) is 0.434. The van der Waals surface area contributed by atoms with Crippen LogP contribution in [0.15, 0.2) is 0 Å². The predicted octanol–water partition coefficient (Wildman–Crippen LogP) is 1.41. The van der Waals surface area contributed by atoms with Crippen LogP contribution >= 0.6 is 0 Å². The molecule has 0 aliphatic carbocycles. The third kappa shape index (κ3) is 6.00. The summed E-state index contributed by atoms with van der Waals surface area (Å²) in [5.41, 5.74) is 0. The van der Waals surface area contributed by atoms with Crippen molar-refractivity contribution in [1.29, 1.82) is 0 Å². The zero-order valence-electron chi connectivity index (χ0n) is 12.8. The summed E-state index contributed by atoms with van der Waals surface area (Å²) in [6.45, 7) is 11.4. The van der Waals surface area contributed by atoms with E-state index in [4.69, 9.17) is 18.1 Å². The molecule has 1 atom stereocenters. The molecule has 0 fully saturated rings. The van der Waals surface area contributed by atoms with Crippen molar-refractivity contribution in [2.24, 2.45) is 0 Å². The minimum Gasteiger partial charge on any atom is -0.420 e. The molecule has 1 unspecified atom stereocenters. The molecule has 0 spiro atoms. The van der Waals surface area contributed by atoms with Gasteiger partial charge in [0.15, 0.2) is 0 Å². The number of hydrogen-bond acceptors (Lipinski definition) is 6. The van der Waals surface area contributed by atoms with Crippen molar-refractivity contribution < 1.29 is 22.9 Å². The van der Waals surface area contributed by atoms with Gasteiger partial charge in [0.25, 0.3) is 9.20 Å². The van der Waals surface area contributed by atoms with E-state index in [1.807, 2.05) is 34.6 Å². The van der Waals surface area contributed by atoms with Gasteiger partial charge in [-0.05, 0) is 33.7 Å². The topological polar surface area (TPSA) is 60.4 Å². The van der Waals surface area contributed by atoms with Crippen LogP contribution in [0.2, 0.25) is 6.04 Å². The Morgan fingerprint density at radius 2 is 1.37 bits per heavy atom. The summed E-state index contributed by atoms with van der Waals surface area (Å²) in [6, 6.07) is 0.710. The molecule has 0 rings (SSSR count). The molecule has 8 heteroatoms. The Labute approximate surface area is 119 Å². The number of nitrogens with zero attached hydrogens (tertiary/aromatic N) is 1. The van der Waals surface area contributed by atoms with Gasteiger partial charge >= 0.3 is 8.97 Å². The van der Waals surface area contributed by atoms with Crippen LogP contribution in [0.25, 0.3) is 0 Å². The van der Waals surface area contributed by atoms with Crippen molar-refractivity contribution in [2.45, 2.75) is 47.1 Å². The first kappa shape index (κ1) is 19.2. The molecule has 116 valence electrons. The fraction of sp³-hybridized carbons (Fsp3) is 1.00. The Bertz CT molecular complexity index is 206. The summed E-state index contributed by atoms with van der Waals surface area (Å²) in [7, 11) is -5.38. The Kier molecular flexibility index (Phi) is 11.0. The van der Waals surface area contributed by atoms with E-state index in [-0.39, 0.29) is 0 Å². The first-order valence-electron chi connectivity index (χ1n) is 7.13. The second-order valence-corrected chi connectivity index (χ2v) is 8.71. The minimum absolute atomic E-state index is 0.454. The van der Waals surface area contributed by atoms with E-state index >= 15 is 0 Å². The number of hydrogen-bond donors (Lipinski definition) is 1. The lowest BCUT2D eigenvalue weighted by atomic mass is 10.6. The highest BCUT2D eigenvalue weighted by atomic mass is 28.4. The molecule has 0 heterocycles. The van der Waals surface area contributed by atoms with Crippen molar-refractivity contribution in [3.8, 4) is 0 Å². The highest BCUT2D eigenvalue weighted by Gasteiger charge is 2.53. The molecule has 0 aromatic carbocycles. The van der Waals surface area contributed by atoms with Crippen LogP contribution in [-0.4, -0.2) is 53.8 Å². The molecule has 1 N–H and O–H groups in total. The van der Waals surface area contributed by atoms with Gasteiger partial charge in [-0.2, -0.15) is 0 Å². The van der Waals surface area contributed by atoms with Gasteiger partial charge in [0.05, 0.1) is 6.61 Å². The van der Waals surface area contributed by atoms with E-state index in [0.717, 1.165) is 6.42 Å². The third-order valence-electron chi connectivity index (χ3n) is 2.34. The Morgan fingerprint density at radius 3 is 1.68 bits per heavy atom. The molecule has 0 saturated carbocycles. The van der Waals surface area contributed by atoms with Crippen molar-refractivity contribution in [1.82, 2.24) is 4.39 Å². The number of rotatable bonds is 12. The maximum absolute atomic E-state index is 10.4. The maximum Gasteiger partial charge on any atom is 0.618 e. The minimum atomic E-state index is -3.12. The average molecular weight is 312 g/mol. The molecule has 0 aliphatic heterocycles. The van der Waals surface area contributed by atoms with Gasteiger partial charge in [-0.15, -0.1) is 4.39 Å². The monoisotopic (exact) mass is 311 g/mol. The fourth-order valence-corrected chi connectivity index (χ4v) is 7.33. The van der Waals surface area contributed by atoms with Gasteiger partial charge in [0.2, 0.25) is 0 Å². The van der Waals surface area contributed by atoms with Gasteiger partial charge in [0.1, 0.15) is 0 Å². The molecule has 0 amide bonds. The van der Waals surface area contributed by atoms with Crippen LogP contribution in [0.3, 0.4) is 0 Å². The third-order valence-corrected chi connectivity index (χ3v) is 8.59. The van der Waals surface area contributed by atoms with Crippen LogP contribution in [0.1, 0.15) is 41.0 Å². The Balaban J connectivity index is 5.16. The van der Waals surface area contributed by atoms with Gasteiger partial charge < -0.3 is 22.9 Å². The molecule has 0 aromatic rings. The largest absolute Gasteiger partial charge is 0.618 e. The normalized spacial score (nSPS) is 14.1. The van der Waals surface area contributed by atoms with E-state index in [9.17, 15) is 4.80 Å². The van der Waals surface area contributed by atoms with Gasteiger partial charge in [-0.25, -0.2) is 0 Å². The smallest absolute Gasteiger partial charge is 0.420 e. The van der Waals surface area contributed by atoms with Gasteiger partial charge in [-0.1, -0.05) is 13.3 Å². The first-order chi connectivity index (χ1) is 9.11.